The molecule has 3 rings (SSSR count). The number of carbonyl (C=O) groups is 1. The number of nitrogens with one attached hydrogen (secondary N) is 1. The number of hydrogen-bond acceptors (Lipinski definition) is 5. The fraction of sp³-hybridized carbons (Fsp3) is 0.269. The van der Waals surface area contributed by atoms with E-state index in [1.807, 2.05) is 38.1 Å². The van der Waals surface area contributed by atoms with Gasteiger partial charge in [0.15, 0.2) is 0 Å². The molecule has 180 valence electrons. The van der Waals surface area contributed by atoms with E-state index in [1.165, 1.54) is 10.6 Å². The average Bonchev–Trinajstić information content (AvgIpc) is 2.82. The highest BCUT2D eigenvalue weighted by Crippen LogP contribution is 2.24. The summed E-state index contributed by atoms with van der Waals surface area (Å²) in [5.41, 5.74) is 2.84. The smallest absolute Gasteiger partial charge is 0.251 e. The van der Waals surface area contributed by atoms with Crippen LogP contribution < -0.4 is 19.1 Å². The predicted octanol–water partition coefficient (Wildman–Crippen LogP) is 4.17. The topological polar surface area (TPSA) is 84.9 Å². The van der Waals surface area contributed by atoms with Crippen LogP contribution >= 0.6 is 0 Å². The number of para-hydroxylation sites is 1. The lowest BCUT2D eigenvalue weighted by Crippen LogP contribution is -2.29. The molecule has 0 saturated carbocycles. The second-order valence-corrected chi connectivity index (χ2v) is 9.67. The van der Waals surface area contributed by atoms with E-state index >= 15 is 0 Å². The second kappa shape index (κ2) is 11.6. The number of carbonyl (C=O) groups excluding carboxylic acids is 1. The van der Waals surface area contributed by atoms with Crippen LogP contribution in [0.4, 0.5) is 5.69 Å². The number of nitrogens with zero attached hydrogens (tertiary/aromatic N) is 1. The van der Waals surface area contributed by atoms with Crippen molar-refractivity contribution in [2.45, 2.75) is 20.4 Å². The summed E-state index contributed by atoms with van der Waals surface area (Å²) < 4.78 is 37.3. The zero-order valence-corrected chi connectivity index (χ0v) is 20.5. The molecule has 0 atom stereocenters. The maximum Gasteiger partial charge on any atom is 0.251 e. The van der Waals surface area contributed by atoms with E-state index in [1.54, 1.807) is 48.5 Å². The number of anilines is 1. The van der Waals surface area contributed by atoms with Gasteiger partial charge in [-0.05, 0) is 67.4 Å². The fourth-order valence-electron chi connectivity index (χ4n) is 3.35. The van der Waals surface area contributed by atoms with Gasteiger partial charge in [0.05, 0.1) is 31.6 Å². The Morgan fingerprint density at radius 1 is 0.941 bits per heavy atom. The molecule has 0 aliphatic rings. The van der Waals surface area contributed by atoms with Gasteiger partial charge in [-0.15, -0.1) is 0 Å². The largest absolute Gasteiger partial charge is 0.494 e. The van der Waals surface area contributed by atoms with Crippen LogP contribution in [0.5, 0.6) is 11.5 Å². The lowest BCUT2D eigenvalue weighted by molar-refractivity contribution is 0.0947. The van der Waals surface area contributed by atoms with Gasteiger partial charge < -0.3 is 14.8 Å². The van der Waals surface area contributed by atoms with Crippen LogP contribution in [0, 0.1) is 6.92 Å². The van der Waals surface area contributed by atoms with Gasteiger partial charge in [0, 0.05) is 5.56 Å². The summed E-state index contributed by atoms with van der Waals surface area (Å²) in [6, 6.07) is 21.5. The second-order valence-electron chi connectivity index (χ2n) is 7.76. The Morgan fingerprint density at radius 3 is 2.24 bits per heavy atom. The number of amides is 1. The van der Waals surface area contributed by atoms with Crippen molar-refractivity contribution in [2.24, 2.45) is 0 Å². The zero-order valence-electron chi connectivity index (χ0n) is 19.7. The summed E-state index contributed by atoms with van der Waals surface area (Å²) in [4.78, 5) is 12.4. The van der Waals surface area contributed by atoms with Crippen molar-refractivity contribution in [3.8, 4) is 11.5 Å². The van der Waals surface area contributed by atoms with Gasteiger partial charge in [-0.25, -0.2) is 8.42 Å². The van der Waals surface area contributed by atoms with Gasteiger partial charge in [-0.3, -0.25) is 9.10 Å². The number of benzene rings is 3. The molecule has 0 radical (unpaired) electrons. The molecule has 0 aliphatic carbocycles. The predicted molar refractivity (Wildman–Crippen MR) is 134 cm³/mol. The third-order valence-corrected chi connectivity index (χ3v) is 6.26. The fourth-order valence-corrected chi connectivity index (χ4v) is 4.24. The molecule has 34 heavy (non-hydrogen) atoms. The first kappa shape index (κ1) is 25.1. The first-order valence-electron chi connectivity index (χ1n) is 11.0. The van der Waals surface area contributed by atoms with Crippen molar-refractivity contribution in [2.75, 3.05) is 30.3 Å². The molecule has 0 saturated heterocycles. The van der Waals surface area contributed by atoms with E-state index in [0.717, 1.165) is 16.9 Å². The highest BCUT2D eigenvalue weighted by atomic mass is 32.2. The number of aryl methyl sites for hydroxylation is 1. The number of ether oxygens (including phenoxy) is 2. The maximum atomic E-state index is 12.4. The Bertz CT molecular complexity index is 1190. The van der Waals surface area contributed by atoms with Gasteiger partial charge in [-0.2, -0.15) is 0 Å². The standard InChI is InChI=1S/C26H30N2O5S/c1-4-32-24-15-13-23(14-16-24)28(34(3,30)31)19-21-9-11-22(12-10-21)26(29)27-17-18-33-25-8-6-5-7-20(25)2/h5-16H,4,17-19H2,1-3H3,(H,27,29). The highest BCUT2D eigenvalue weighted by molar-refractivity contribution is 7.92. The minimum absolute atomic E-state index is 0.152. The molecule has 0 bridgehead atoms. The van der Waals surface area contributed by atoms with Crippen LogP contribution in [0.25, 0.3) is 0 Å². The molecular formula is C26H30N2O5S. The lowest BCUT2D eigenvalue weighted by Gasteiger charge is -2.23. The Morgan fingerprint density at radius 2 is 1.62 bits per heavy atom. The first-order valence-corrected chi connectivity index (χ1v) is 12.9. The summed E-state index contributed by atoms with van der Waals surface area (Å²) in [5, 5.41) is 2.83. The normalized spacial score (nSPS) is 11.0. The molecule has 8 heteroatoms. The van der Waals surface area contributed by atoms with E-state index < -0.39 is 10.0 Å². The molecule has 0 aromatic heterocycles. The van der Waals surface area contributed by atoms with Crippen LogP contribution in [0.1, 0.15) is 28.4 Å². The summed E-state index contributed by atoms with van der Waals surface area (Å²) in [7, 11) is -3.51. The van der Waals surface area contributed by atoms with Crippen LogP contribution in [0.2, 0.25) is 0 Å². The van der Waals surface area contributed by atoms with E-state index in [0.29, 0.717) is 36.8 Å². The molecule has 1 N–H and O–H groups in total. The van der Waals surface area contributed by atoms with Gasteiger partial charge in [-0.1, -0.05) is 30.3 Å². The van der Waals surface area contributed by atoms with E-state index in [-0.39, 0.29) is 12.5 Å². The van der Waals surface area contributed by atoms with Crippen molar-refractivity contribution < 1.29 is 22.7 Å². The van der Waals surface area contributed by atoms with Gasteiger partial charge in [0.1, 0.15) is 18.1 Å². The minimum atomic E-state index is -3.51. The SMILES string of the molecule is CCOc1ccc(N(Cc2ccc(C(=O)NCCOc3ccccc3C)cc2)S(C)(=O)=O)cc1. The number of rotatable bonds is 11. The molecule has 7 nitrogen and oxygen atoms in total. The molecular weight excluding hydrogens is 452 g/mol. The number of hydrogen-bond donors (Lipinski definition) is 1. The monoisotopic (exact) mass is 482 g/mol. The molecule has 0 fully saturated rings. The summed E-state index contributed by atoms with van der Waals surface area (Å²) in [5.74, 6) is 1.26. The molecule has 0 heterocycles. The van der Waals surface area contributed by atoms with Crippen LogP contribution in [-0.2, 0) is 16.6 Å². The first-order chi connectivity index (χ1) is 16.3. The minimum Gasteiger partial charge on any atom is -0.494 e. The summed E-state index contributed by atoms with van der Waals surface area (Å²) in [6.45, 7) is 5.28. The Hall–Kier alpha value is -3.52. The third-order valence-electron chi connectivity index (χ3n) is 5.12. The molecule has 3 aromatic carbocycles. The van der Waals surface area contributed by atoms with Crippen LogP contribution in [0.3, 0.4) is 0 Å². The van der Waals surface area contributed by atoms with Crippen molar-refractivity contribution in [3.05, 3.63) is 89.5 Å². The molecule has 0 spiro atoms. The van der Waals surface area contributed by atoms with Crippen molar-refractivity contribution in [1.82, 2.24) is 5.32 Å². The van der Waals surface area contributed by atoms with Gasteiger partial charge in [0.25, 0.3) is 5.91 Å². The molecule has 3 aromatic rings. The van der Waals surface area contributed by atoms with Crippen molar-refractivity contribution >= 4 is 21.6 Å². The van der Waals surface area contributed by atoms with E-state index in [2.05, 4.69) is 5.32 Å². The van der Waals surface area contributed by atoms with Crippen LogP contribution in [0.15, 0.2) is 72.8 Å². The van der Waals surface area contributed by atoms with E-state index in [9.17, 15) is 13.2 Å². The Kier molecular flexibility index (Phi) is 8.54. The summed E-state index contributed by atoms with van der Waals surface area (Å²) in [6.07, 6.45) is 1.17. The lowest BCUT2D eigenvalue weighted by atomic mass is 10.1. The average molecular weight is 483 g/mol. The third kappa shape index (κ3) is 6.99. The summed E-state index contributed by atoms with van der Waals surface area (Å²) >= 11 is 0. The Labute approximate surface area is 201 Å². The van der Waals surface area contributed by atoms with Gasteiger partial charge in [0.2, 0.25) is 10.0 Å². The maximum absolute atomic E-state index is 12.4. The number of sulfonamides is 1. The molecule has 0 aliphatic heterocycles. The van der Waals surface area contributed by atoms with Crippen molar-refractivity contribution in [3.63, 3.8) is 0 Å². The van der Waals surface area contributed by atoms with Gasteiger partial charge >= 0.3 is 0 Å². The Balaban J connectivity index is 1.58. The molecule has 0 unspecified atom stereocenters. The molecule has 1 amide bonds. The quantitative estimate of drug-likeness (QED) is 0.415. The highest BCUT2D eigenvalue weighted by Gasteiger charge is 2.18. The van der Waals surface area contributed by atoms with E-state index in [4.69, 9.17) is 9.47 Å². The van der Waals surface area contributed by atoms with Crippen molar-refractivity contribution in [1.29, 1.82) is 0 Å². The van der Waals surface area contributed by atoms with Crippen LogP contribution in [-0.4, -0.2) is 40.3 Å². The zero-order chi connectivity index (χ0) is 24.6.